The van der Waals surface area contributed by atoms with Crippen LogP contribution in [0.1, 0.15) is 18.4 Å². The van der Waals surface area contributed by atoms with Gasteiger partial charge in [0.15, 0.2) is 5.71 Å². The molecule has 1 fully saturated rings. The third-order valence-corrected chi connectivity index (χ3v) is 3.34. The molecule has 1 amide bonds. The zero-order chi connectivity index (χ0) is 14.5. The van der Waals surface area contributed by atoms with Crippen molar-refractivity contribution in [3.8, 4) is 0 Å². The summed E-state index contributed by atoms with van der Waals surface area (Å²) in [5.41, 5.74) is 0.442. The van der Waals surface area contributed by atoms with Crippen molar-refractivity contribution < 1.29 is 19.5 Å². The summed E-state index contributed by atoms with van der Waals surface area (Å²) in [4.78, 5) is 25.5. The maximum atomic E-state index is 12.4. The van der Waals surface area contributed by atoms with Crippen LogP contribution in [0.4, 0.5) is 0 Å². The van der Waals surface area contributed by atoms with Crippen LogP contribution in [0.5, 0.6) is 0 Å². The van der Waals surface area contributed by atoms with E-state index >= 15 is 0 Å². The normalized spacial score (nSPS) is 18.9. The van der Waals surface area contributed by atoms with E-state index in [2.05, 4.69) is 5.16 Å². The number of ether oxygens (including phenoxy) is 1. The van der Waals surface area contributed by atoms with Gasteiger partial charge >= 0.3 is 5.97 Å². The molecule has 1 N–H and O–H groups in total. The number of carbonyl (C=O) groups excluding carboxylic acids is 2. The maximum Gasteiger partial charge on any atom is 0.328 e. The summed E-state index contributed by atoms with van der Waals surface area (Å²) in [5.74, 6) is -0.909. The van der Waals surface area contributed by atoms with Crippen molar-refractivity contribution in [3.05, 3.63) is 35.9 Å². The van der Waals surface area contributed by atoms with Crippen molar-refractivity contribution >= 4 is 17.6 Å². The second kappa shape index (κ2) is 6.18. The molecule has 20 heavy (non-hydrogen) atoms. The minimum absolute atomic E-state index is 0.0681. The van der Waals surface area contributed by atoms with Crippen LogP contribution >= 0.6 is 0 Å². The molecule has 1 saturated heterocycles. The fourth-order valence-corrected chi connectivity index (χ4v) is 2.35. The van der Waals surface area contributed by atoms with E-state index in [1.165, 1.54) is 12.0 Å². The maximum absolute atomic E-state index is 12.4. The summed E-state index contributed by atoms with van der Waals surface area (Å²) in [6.07, 6.45) is 1.28. The molecule has 0 aromatic heterocycles. The average molecular weight is 276 g/mol. The lowest BCUT2D eigenvalue weighted by Crippen LogP contribution is -2.44. The molecule has 0 saturated carbocycles. The van der Waals surface area contributed by atoms with E-state index in [4.69, 9.17) is 9.94 Å². The molecule has 6 heteroatoms. The fraction of sp³-hybridized carbons (Fsp3) is 0.357. The van der Waals surface area contributed by atoms with Gasteiger partial charge in [-0.1, -0.05) is 35.5 Å². The lowest BCUT2D eigenvalue weighted by atomic mass is 10.1. The highest BCUT2D eigenvalue weighted by Gasteiger charge is 2.37. The minimum Gasteiger partial charge on any atom is -0.467 e. The number of hydrogen-bond donors (Lipinski definition) is 1. The molecule has 6 nitrogen and oxygen atoms in total. The van der Waals surface area contributed by atoms with Crippen LogP contribution in [0.15, 0.2) is 35.5 Å². The minimum atomic E-state index is -0.604. The first kappa shape index (κ1) is 14.0. The number of carbonyl (C=O) groups is 2. The second-order valence-electron chi connectivity index (χ2n) is 4.49. The van der Waals surface area contributed by atoms with Crippen molar-refractivity contribution in [1.82, 2.24) is 4.90 Å². The van der Waals surface area contributed by atoms with Gasteiger partial charge in [0.25, 0.3) is 5.91 Å². The Morgan fingerprint density at radius 2 is 2.05 bits per heavy atom. The predicted molar refractivity (Wildman–Crippen MR) is 71.5 cm³/mol. The molecule has 1 aliphatic rings. The van der Waals surface area contributed by atoms with Crippen molar-refractivity contribution in [2.75, 3.05) is 13.7 Å². The number of oxime groups is 1. The van der Waals surface area contributed by atoms with E-state index in [1.807, 2.05) is 0 Å². The van der Waals surface area contributed by atoms with Gasteiger partial charge in [-0.25, -0.2) is 4.79 Å². The fourth-order valence-electron chi connectivity index (χ4n) is 2.35. The summed E-state index contributed by atoms with van der Waals surface area (Å²) < 4.78 is 4.70. The molecular formula is C14H16N2O4. The van der Waals surface area contributed by atoms with Gasteiger partial charge in [-0.15, -0.1) is 0 Å². The summed E-state index contributed by atoms with van der Waals surface area (Å²) in [7, 11) is 1.29. The van der Waals surface area contributed by atoms with Crippen molar-refractivity contribution in [2.24, 2.45) is 5.16 Å². The largest absolute Gasteiger partial charge is 0.467 e. The van der Waals surface area contributed by atoms with Crippen LogP contribution in [0.25, 0.3) is 0 Å². The molecule has 0 unspecified atom stereocenters. The highest BCUT2D eigenvalue weighted by molar-refractivity contribution is 6.45. The van der Waals surface area contributed by atoms with Crippen LogP contribution in [0.3, 0.4) is 0 Å². The molecule has 106 valence electrons. The van der Waals surface area contributed by atoms with Crippen molar-refractivity contribution in [1.29, 1.82) is 0 Å². The number of esters is 1. The number of methoxy groups -OCH3 is 1. The second-order valence-corrected chi connectivity index (χ2v) is 4.49. The smallest absolute Gasteiger partial charge is 0.328 e. The Morgan fingerprint density at radius 3 is 2.65 bits per heavy atom. The van der Waals surface area contributed by atoms with Gasteiger partial charge in [0, 0.05) is 12.1 Å². The average Bonchev–Trinajstić information content (AvgIpc) is 2.97. The van der Waals surface area contributed by atoms with Gasteiger partial charge in [-0.05, 0) is 12.8 Å². The number of likely N-dealkylation sites (tertiary alicyclic amines) is 1. The Labute approximate surface area is 116 Å². The summed E-state index contributed by atoms with van der Waals surface area (Å²) in [6.45, 7) is 0.449. The van der Waals surface area contributed by atoms with Crippen molar-refractivity contribution in [3.63, 3.8) is 0 Å². The lowest BCUT2D eigenvalue weighted by Gasteiger charge is -2.22. The molecule has 1 aliphatic heterocycles. The number of hydrogen-bond acceptors (Lipinski definition) is 5. The van der Waals surface area contributed by atoms with Crippen LogP contribution in [0.2, 0.25) is 0 Å². The Balaban J connectivity index is 2.23. The topological polar surface area (TPSA) is 79.2 Å². The van der Waals surface area contributed by atoms with E-state index in [1.54, 1.807) is 30.3 Å². The molecule has 0 bridgehead atoms. The van der Waals surface area contributed by atoms with Gasteiger partial charge in [-0.2, -0.15) is 0 Å². The zero-order valence-electron chi connectivity index (χ0n) is 11.2. The standard InChI is InChI=1S/C14H16N2O4/c1-20-14(18)11-8-5-9-16(11)13(17)12(15-19)10-6-3-2-4-7-10/h2-4,6-7,11,19H,5,8-9H2,1H3/b15-12+/t11-/m0/s1. The van der Waals surface area contributed by atoms with E-state index in [0.717, 1.165) is 6.42 Å². The monoisotopic (exact) mass is 276 g/mol. The Kier molecular flexibility index (Phi) is 4.34. The predicted octanol–water partition coefficient (Wildman–Crippen LogP) is 1.03. The Bertz CT molecular complexity index is 527. The van der Waals surface area contributed by atoms with E-state index in [-0.39, 0.29) is 5.71 Å². The third kappa shape index (κ3) is 2.64. The first-order chi connectivity index (χ1) is 9.69. The molecule has 1 heterocycles. The molecule has 2 rings (SSSR count). The Morgan fingerprint density at radius 1 is 1.35 bits per heavy atom. The van der Waals surface area contributed by atoms with E-state index < -0.39 is 17.9 Å². The summed E-state index contributed by atoms with van der Waals surface area (Å²) in [6, 6.07) is 8.04. The molecule has 0 spiro atoms. The van der Waals surface area contributed by atoms with Crippen molar-refractivity contribution in [2.45, 2.75) is 18.9 Å². The van der Waals surface area contributed by atoms with E-state index in [9.17, 15) is 9.59 Å². The van der Waals surface area contributed by atoms with Gasteiger partial charge in [0.2, 0.25) is 0 Å². The molecule has 0 radical (unpaired) electrons. The number of rotatable bonds is 3. The number of benzene rings is 1. The van der Waals surface area contributed by atoms with Gasteiger partial charge in [0.1, 0.15) is 6.04 Å². The molecule has 1 atom stereocenters. The van der Waals surface area contributed by atoms with Crippen LogP contribution in [-0.4, -0.2) is 47.4 Å². The van der Waals surface area contributed by atoms with E-state index in [0.29, 0.717) is 18.5 Å². The van der Waals surface area contributed by atoms with Gasteiger partial charge in [-0.3, -0.25) is 4.79 Å². The lowest BCUT2D eigenvalue weighted by molar-refractivity contribution is -0.149. The molecule has 1 aromatic carbocycles. The third-order valence-electron chi connectivity index (χ3n) is 3.34. The molecule has 1 aromatic rings. The van der Waals surface area contributed by atoms with Crippen LogP contribution in [0, 0.1) is 0 Å². The summed E-state index contributed by atoms with van der Waals surface area (Å²) >= 11 is 0. The zero-order valence-corrected chi connectivity index (χ0v) is 11.2. The SMILES string of the molecule is COC(=O)[C@@H]1CCCN1C(=O)/C(=N/O)c1ccccc1. The highest BCUT2D eigenvalue weighted by atomic mass is 16.5. The quantitative estimate of drug-likeness (QED) is 0.387. The number of nitrogens with zero attached hydrogens (tertiary/aromatic N) is 2. The number of amides is 1. The first-order valence-corrected chi connectivity index (χ1v) is 6.35. The van der Waals surface area contributed by atoms with Gasteiger partial charge in [0.05, 0.1) is 7.11 Å². The Hall–Kier alpha value is -2.37. The molecule has 0 aliphatic carbocycles. The highest BCUT2D eigenvalue weighted by Crippen LogP contribution is 2.20. The molecular weight excluding hydrogens is 260 g/mol. The van der Waals surface area contributed by atoms with Gasteiger partial charge < -0.3 is 14.8 Å². The van der Waals surface area contributed by atoms with Crippen LogP contribution in [-0.2, 0) is 14.3 Å². The van der Waals surface area contributed by atoms with Crippen LogP contribution < -0.4 is 0 Å². The first-order valence-electron chi connectivity index (χ1n) is 6.35. The summed E-state index contributed by atoms with van der Waals surface area (Å²) in [5, 5.41) is 12.2.